The Kier molecular flexibility index (Phi) is 6.71. The lowest BCUT2D eigenvalue weighted by atomic mass is 10.2. The quantitative estimate of drug-likeness (QED) is 0.877. The van der Waals surface area contributed by atoms with E-state index in [0.29, 0.717) is 13.2 Å². The van der Waals surface area contributed by atoms with E-state index in [0.717, 1.165) is 11.0 Å². The Morgan fingerprint density at radius 2 is 2.37 bits per heavy atom. The fourth-order valence-electron chi connectivity index (χ4n) is 1.77. The summed E-state index contributed by atoms with van der Waals surface area (Å²) < 4.78 is 19.4. The predicted molar refractivity (Wildman–Crippen MR) is 77.2 cm³/mol. The van der Waals surface area contributed by atoms with Crippen LogP contribution in [0.4, 0.5) is 10.1 Å². The molecule has 1 aliphatic heterocycles. The lowest BCUT2D eigenvalue weighted by molar-refractivity contribution is -0.117. The highest BCUT2D eigenvalue weighted by Gasteiger charge is 2.17. The molecule has 2 N–H and O–H groups in total. The second-order valence-electron chi connectivity index (χ2n) is 4.10. The summed E-state index contributed by atoms with van der Waals surface area (Å²) in [7, 11) is 0. The zero-order valence-electron chi connectivity index (χ0n) is 10.1. The number of morpholine rings is 1. The largest absolute Gasteiger partial charge is 0.378 e. The summed E-state index contributed by atoms with van der Waals surface area (Å²) >= 11 is 3.23. The van der Waals surface area contributed by atoms with Gasteiger partial charge < -0.3 is 15.4 Å². The van der Waals surface area contributed by atoms with Crippen LogP contribution in [0.15, 0.2) is 22.7 Å². The highest BCUT2D eigenvalue weighted by molar-refractivity contribution is 9.10. The molecule has 0 bridgehead atoms. The van der Waals surface area contributed by atoms with E-state index in [-0.39, 0.29) is 36.5 Å². The lowest BCUT2D eigenvalue weighted by Gasteiger charge is -2.23. The fourth-order valence-corrected chi connectivity index (χ4v) is 2.13. The Morgan fingerprint density at radius 3 is 3.05 bits per heavy atom. The van der Waals surface area contributed by atoms with Crippen LogP contribution in [0.5, 0.6) is 0 Å². The van der Waals surface area contributed by atoms with Crippen molar-refractivity contribution in [2.24, 2.45) is 0 Å². The minimum absolute atomic E-state index is 0. The number of ether oxygens (including phenoxy) is 1. The molecular formula is C12H15BrClFN2O2. The first kappa shape index (κ1) is 16.4. The molecule has 1 unspecified atom stereocenters. The zero-order chi connectivity index (χ0) is 13.0. The molecule has 1 aromatic rings. The summed E-state index contributed by atoms with van der Waals surface area (Å²) in [4.78, 5) is 11.8. The SMILES string of the molecule is Cl.O=C(CC1COCCN1)Nc1cc(Br)ccc1F. The predicted octanol–water partition coefficient (Wildman–Crippen LogP) is 2.33. The first-order valence-corrected chi connectivity index (χ1v) is 6.50. The van der Waals surface area contributed by atoms with Crippen molar-refractivity contribution in [3.8, 4) is 0 Å². The summed E-state index contributed by atoms with van der Waals surface area (Å²) in [6.07, 6.45) is 0.270. The van der Waals surface area contributed by atoms with E-state index in [9.17, 15) is 9.18 Å². The molecule has 0 aliphatic carbocycles. The molecule has 1 aliphatic rings. The Morgan fingerprint density at radius 1 is 1.58 bits per heavy atom. The Bertz CT molecular complexity index is 442. The van der Waals surface area contributed by atoms with Gasteiger partial charge in [0.1, 0.15) is 5.82 Å². The molecule has 1 aromatic carbocycles. The normalized spacial score (nSPS) is 18.5. The van der Waals surface area contributed by atoms with E-state index in [1.165, 1.54) is 12.1 Å². The number of nitrogens with one attached hydrogen (secondary N) is 2. The first-order chi connectivity index (χ1) is 8.65. The Hall–Kier alpha value is -0.690. The van der Waals surface area contributed by atoms with E-state index >= 15 is 0 Å². The summed E-state index contributed by atoms with van der Waals surface area (Å²) in [5.41, 5.74) is 0.186. The molecule has 19 heavy (non-hydrogen) atoms. The smallest absolute Gasteiger partial charge is 0.226 e. The number of amides is 1. The number of rotatable bonds is 3. The number of hydrogen-bond donors (Lipinski definition) is 2. The van der Waals surface area contributed by atoms with Crippen molar-refractivity contribution in [1.29, 1.82) is 0 Å². The maximum Gasteiger partial charge on any atom is 0.226 e. The second kappa shape index (κ2) is 7.79. The van der Waals surface area contributed by atoms with Crippen molar-refractivity contribution in [1.82, 2.24) is 5.32 Å². The third-order valence-corrected chi connectivity index (χ3v) is 3.13. The van der Waals surface area contributed by atoms with Crippen molar-refractivity contribution >= 4 is 39.9 Å². The van der Waals surface area contributed by atoms with Gasteiger partial charge in [0, 0.05) is 23.5 Å². The van der Waals surface area contributed by atoms with E-state index in [1.807, 2.05) is 0 Å². The van der Waals surface area contributed by atoms with Gasteiger partial charge in [0.2, 0.25) is 5.91 Å². The van der Waals surface area contributed by atoms with Gasteiger partial charge in [0.15, 0.2) is 0 Å². The number of hydrogen-bond acceptors (Lipinski definition) is 3. The molecule has 2 rings (SSSR count). The molecule has 1 fully saturated rings. The molecule has 1 amide bonds. The van der Waals surface area contributed by atoms with Gasteiger partial charge >= 0.3 is 0 Å². The van der Waals surface area contributed by atoms with Gasteiger partial charge in [-0.1, -0.05) is 15.9 Å². The van der Waals surface area contributed by atoms with Crippen LogP contribution in [-0.2, 0) is 9.53 Å². The van der Waals surface area contributed by atoms with Gasteiger partial charge in [0.05, 0.1) is 18.9 Å². The topological polar surface area (TPSA) is 50.4 Å². The van der Waals surface area contributed by atoms with E-state index in [1.54, 1.807) is 6.07 Å². The molecule has 0 saturated carbocycles. The molecule has 1 heterocycles. The highest BCUT2D eigenvalue weighted by Crippen LogP contribution is 2.20. The summed E-state index contributed by atoms with van der Waals surface area (Å²) in [5.74, 6) is -0.672. The molecule has 0 aromatic heterocycles. The standard InChI is InChI=1S/C12H14BrFN2O2.ClH/c13-8-1-2-10(14)11(5-8)16-12(17)6-9-7-18-4-3-15-9;/h1-2,5,9,15H,3-4,6-7H2,(H,16,17);1H. The summed E-state index contributed by atoms with van der Waals surface area (Å²) in [6, 6.07) is 4.43. The minimum Gasteiger partial charge on any atom is -0.378 e. The maximum absolute atomic E-state index is 13.4. The molecule has 106 valence electrons. The Balaban J connectivity index is 0.00000180. The van der Waals surface area contributed by atoms with Crippen LogP contribution < -0.4 is 10.6 Å². The third kappa shape index (κ3) is 5.06. The van der Waals surface area contributed by atoms with Crippen molar-refractivity contribution in [3.63, 3.8) is 0 Å². The molecule has 1 saturated heterocycles. The molecule has 4 nitrogen and oxygen atoms in total. The molecule has 0 spiro atoms. The second-order valence-corrected chi connectivity index (χ2v) is 5.02. The van der Waals surface area contributed by atoms with Crippen LogP contribution in [-0.4, -0.2) is 31.7 Å². The number of benzene rings is 1. The van der Waals surface area contributed by atoms with Crippen LogP contribution >= 0.6 is 28.3 Å². The summed E-state index contributed by atoms with van der Waals surface area (Å²) in [6.45, 7) is 1.91. The maximum atomic E-state index is 13.4. The number of anilines is 1. The molecular weight excluding hydrogens is 338 g/mol. The highest BCUT2D eigenvalue weighted by atomic mass is 79.9. The number of halogens is 3. The molecule has 0 radical (unpaired) electrons. The lowest BCUT2D eigenvalue weighted by Crippen LogP contribution is -2.43. The van der Waals surface area contributed by atoms with Crippen LogP contribution in [0.2, 0.25) is 0 Å². The van der Waals surface area contributed by atoms with Gasteiger partial charge in [-0.25, -0.2) is 4.39 Å². The number of carbonyl (C=O) groups is 1. The van der Waals surface area contributed by atoms with E-state index < -0.39 is 5.82 Å². The van der Waals surface area contributed by atoms with Crippen LogP contribution in [0, 0.1) is 5.82 Å². The van der Waals surface area contributed by atoms with Crippen molar-refractivity contribution < 1.29 is 13.9 Å². The molecule has 7 heteroatoms. The van der Waals surface area contributed by atoms with Crippen LogP contribution in [0.25, 0.3) is 0 Å². The van der Waals surface area contributed by atoms with Gasteiger partial charge in [-0.2, -0.15) is 0 Å². The van der Waals surface area contributed by atoms with Gasteiger partial charge in [-0.15, -0.1) is 12.4 Å². The average molecular weight is 354 g/mol. The van der Waals surface area contributed by atoms with Crippen LogP contribution in [0.3, 0.4) is 0 Å². The van der Waals surface area contributed by atoms with Gasteiger partial charge in [0.25, 0.3) is 0 Å². The summed E-state index contributed by atoms with van der Waals surface area (Å²) in [5, 5.41) is 5.73. The van der Waals surface area contributed by atoms with E-state index in [4.69, 9.17) is 4.74 Å². The fraction of sp³-hybridized carbons (Fsp3) is 0.417. The van der Waals surface area contributed by atoms with Crippen LogP contribution in [0.1, 0.15) is 6.42 Å². The minimum atomic E-state index is -0.445. The number of carbonyl (C=O) groups excluding carboxylic acids is 1. The van der Waals surface area contributed by atoms with Crippen molar-refractivity contribution in [2.75, 3.05) is 25.1 Å². The zero-order valence-corrected chi connectivity index (χ0v) is 12.5. The van der Waals surface area contributed by atoms with Crippen molar-refractivity contribution in [2.45, 2.75) is 12.5 Å². The Labute approximate surface area is 125 Å². The monoisotopic (exact) mass is 352 g/mol. The van der Waals surface area contributed by atoms with Crippen molar-refractivity contribution in [3.05, 3.63) is 28.5 Å². The average Bonchev–Trinajstić information content (AvgIpc) is 2.35. The third-order valence-electron chi connectivity index (χ3n) is 2.63. The first-order valence-electron chi connectivity index (χ1n) is 5.71. The van der Waals surface area contributed by atoms with Gasteiger partial charge in [-0.05, 0) is 18.2 Å². The van der Waals surface area contributed by atoms with E-state index in [2.05, 4.69) is 26.6 Å². The molecule has 1 atom stereocenters. The van der Waals surface area contributed by atoms with Gasteiger partial charge in [-0.3, -0.25) is 4.79 Å².